The molecule has 0 aromatic rings. The van der Waals surface area contributed by atoms with Crippen LogP contribution in [0.25, 0.3) is 0 Å². The molecular formula is C8H15BP+. The van der Waals surface area contributed by atoms with Crippen molar-refractivity contribution in [1.82, 2.24) is 0 Å². The molecule has 0 aliphatic carbocycles. The second-order valence-electron chi connectivity index (χ2n) is 4.14. The molecule has 2 saturated heterocycles. The molecule has 0 nitrogen and oxygen atoms in total. The van der Waals surface area contributed by atoms with Gasteiger partial charge in [0.25, 0.3) is 0 Å². The topological polar surface area (TPSA) is 0 Å². The molecule has 0 N–H and O–H groups in total. The van der Waals surface area contributed by atoms with Crippen molar-refractivity contribution in [2.24, 2.45) is 11.8 Å². The van der Waals surface area contributed by atoms with Crippen molar-refractivity contribution in [1.29, 1.82) is 0 Å². The van der Waals surface area contributed by atoms with Crippen LogP contribution >= 0.6 is 7.80 Å². The highest BCUT2D eigenvalue weighted by Crippen LogP contribution is 2.65. The highest BCUT2D eigenvalue weighted by molar-refractivity contribution is 7.83. The summed E-state index contributed by atoms with van der Waals surface area (Å²) < 4.78 is 0. The van der Waals surface area contributed by atoms with E-state index in [-0.39, 0.29) is 0 Å². The van der Waals surface area contributed by atoms with Crippen LogP contribution in [-0.4, -0.2) is 18.9 Å². The predicted molar refractivity (Wildman–Crippen MR) is 49.2 cm³/mol. The first-order chi connectivity index (χ1) is 4.70. The van der Waals surface area contributed by atoms with E-state index in [0.29, 0.717) is 0 Å². The fraction of sp³-hybridized carbons (Fsp3) is 1.00. The average molecular weight is 153 g/mol. The van der Waals surface area contributed by atoms with E-state index in [2.05, 4.69) is 13.8 Å². The maximum atomic E-state index is 6.17. The average Bonchev–Trinajstić information content (AvgIpc) is 2.26. The molecule has 2 unspecified atom stereocenters. The highest BCUT2D eigenvalue weighted by atomic mass is 31.1. The predicted octanol–water partition coefficient (Wildman–Crippen LogP) is 2.10. The second-order valence-corrected chi connectivity index (χ2v) is 6.62. The Balaban J connectivity index is 2.17. The molecule has 0 saturated carbocycles. The molecule has 0 aromatic carbocycles. The SMILES string of the molecule is [B][PH+]1C2C[C@H](C)C1C[C@@H]2C. The molecule has 2 radical (unpaired) electrons. The van der Waals surface area contributed by atoms with Crippen molar-refractivity contribution in [2.75, 3.05) is 0 Å². The van der Waals surface area contributed by atoms with Crippen molar-refractivity contribution < 1.29 is 0 Å². The standard InChI is InChI=1S/C8H15BP/c1-5-3-8-6(2)4-7(5)10(8)9/h5-8,10H,3-4H2,1-2H3/q+1/t5-,6-,7?,8?/m0/s1. The summed E-state index contributed by atoms with van der Waals surface area (Å²) in [5.74, 6) is 1.92. The lowest BCUT2D eigenvalue weighted by molar-refractivity contribution is 0.365. The normalized spacial score (nSPS) is 59.6. The molecule has 0 amide bonds. The fourth-order valence-corrected chi connectivity index (χ4v) is 6.22. The Morgan fingerprint density at radius 3 is 1.70 bits per heavy atom. The monoisotopic (exact) mass is 153 g/mol. The lowest BCUT2D eigenvalue weighted by Gasteiger charge is -2.16. The number of rotatable bonds is 0. The van der Waals surface area contributed by atoms with E-state index < -0.39 is 7.80 Å². The molecule has 2 aliphatic rings. The van der Waals surface area contributed by atoms with E-state index in [1.165, 1.54) is 12.8 Å². The van der Waals surface area contributed by atoms with Gasteiger partial charge in [0.1, 0.15) is 0 Å². The molecule has 54 valence electrons. The summed E-state index contributed by atoms with van der Waals surface area (Å²) in [6.07, 6.45) is 2.88. The molecule has 0 spiro atoms. The summed E-state index contributed by atoms with van der Waals surface area (Å²) in [6, 6.07) is 0. The molecule has 2 fully saturated rings. The van der Waals surface area contributed by atoms with Crippen LogP contribution in [0, 0.1) is 11.8 Å². The molecule has 2 aliphatic heterocycles. The second kappa shape index (κ2) is 2.24. The third-order valence-corrected chi connectivity index (χ3v) is 6.80. The Labute approximate surface area is 65.9 Å². The van der Waals surface area contributed by atoms with Crippen LogP contribution in [0.1, 0.15) is 26.7 Å². The third kappa shape index (κ3) is 0.795. The van der Waals surface area contributed by atoms with Gasteiger partial charge in [-0.3, -0.25) is 0 Å². The van der Waals surface area contributed by atoms with E-state index in [1.54, 1.807) is 0 Å². The van der Waals surface area contributed by atoms with E-state index >= 15 is 0 Å². The van der Waals surface area contributed by atoms with E-state index in [1.807, 2.05) is 0 Å². The van der Waals surface area contributed by atoms with Crippen LogP contribution in [0.2, 0.25) is 0 Å². The van der Waals surface area contributed by atoms with E-state index in [9.17, 15) is 0 Å². The maximum Gasteiger partial charge on any atom is 0.362 e. The van der Waals surface area contributed by atoms with Gasteiger partial charge in [0, 0.05) is 0 Å². The van der Waals surface area contributed by atoms with Gasteiger partial charge in [-0.25, -0.2) is 0 Å². The minimum absolute atomic E-state index is 0.399. The Bertz CT molecular complexity index is 132. The van der Waals surface area contributed by atoms with E-state index in [0.717, 1.165) is 23.2 Å². The number of hydrogen-bond donors (Lipinski definition) is 0. The zero-order valence-electron chi connectivity index (χ0n) is 6.80. The first-order valence-corrected chi connectivity index (χ1v) is 6.05. The summed E-state index contributed by atoms with van der Waals surface area (Å²) in [7, 11) is 5.77. The third-order valence-electron chi connectivity index (χ3n) is 3.48. The Morgan fingerprint density at radius 2 is 1.50 bits per heavy atom. The van der Waals surface area contributed by atoms with Crippen molar-refractivity contribution in [3.63, 3.8) is 0 Å². The van der Waals surface area contributed by atoms with Gasteiger partial charge < -0.3 is 0 Å². The Hall–Kier alpha value is 0.495. The summed E-state index contributed by atoms with van der Waals surface area (Å²) in [5, 5.41) is 0. The van der Waals surface area contributed by atoms with Crippen LogP contribution in [0.4, 0.5) is 0 Å². The fourth-order valence-electron chi connectivity index (χ4n) is 2.80. The van der Waals surface area contributed by atoms with Gasteiger partial charge in [-0.15, -0.1) is 0 Å². The quantitative estimate of drug-likeness (QED) is 0.369. The van der Waals surface area contributed by atoms with E-state index in [4.69, 9.17) is 7.57 Å². The highest BCUT2D eigenvalue weighted by Gasteiger charge is 2.52. The minimum atomic E-state index is -0.399. The van der Waals surface area contributed by atoms with Crippen LogP contribution in [0.3, 0.4) is 0 Å². The maximum absolute atomic E-state index is 6.17. The molecule has 2 heteroatoms. The van der Waals surface area contributed by atoms with Gasteiger partial charge >= 0.3 is 7.57 Å². The smallest absolute Gasteiger partial charge is 0.0587 e. The first-order valence-electron chi connectivity index (χ1n) is 4.32. The van der Waals surface area contributed by atoms with Gasteiger partial charge in [-0.1, -0.05) is 13.8 Å². The van der Waals surface area contributed by atoms with Crippen molar-refractivity contribution in [3.05, 3.63) is 0 Å². The number of fused-ring (bicyclic) bond motifs is 2. The van der Waals surface area contributed by atoms with Crippen LogP contribution in [-0.2, 0) is 0 Å². The van der Waals surface area contributed by atoms with Gasteiger partial charge in [0.05, 0.1) is 11.3 Å². The summed E-state index contributed by atoms with van der Waals surface area (Å²) in [4.78, 5) is 0. The zero-order chi connectivity index (χ0) is 7.30. The first kappa shape index (κ1) is 7.16. The lowest BCUT2D eigenvalue weighted by Crippen LogP contribution is -2.18. The molecule has 2 heterocycles. The summed E-state index contributed by atoms with van der Waals surface area (Å²) >= 11 is 0. The Kier molecular flexibility index (Phi) is 1.60. The molecule has 10 heavy (non-hydrogen) atoms. The molecular weight excluding hydrogens is 138 g/mol. The summed E-state index contributed by atoms with van der Waals surface area (Å²) in [6.45, 7) is 4.77. The molecule has 4 atom stereocenters. The van der Waals surface area contributed by atoms with Crippen molar-refractivity contribution in [3.8, 4) is 0 Å². The van der Waals surface area contributed by atoms with Gasteiger partial charge in [-0.2, -0.15) is 0 Å². The number of hydrogen-bond acceptors (Lipinski definition) is 0. The van der Waals surface area contributed by atoms with Crippen LogP contribution < -0.4 is 0 Å². The molecule has 0 aromatic heterocycles. The molecule has 2 rings (SSSR count). The van der Waals surface area contributed by atoms with Crippen molar-refractivity contribution >= 4 is 15.4 Å². The van der Waals surface area contributed by atoms with Gasteiger partial charge in [0.15, 0.2) is 0 Å². The molecule has 2 bridgehead atoms. The summed E-state index contributed by atoms with van der Waals surface area (Å²) in [5.41, 5.74) is 1.93. The van der Waals surface area contributed by atoms with Gasteiger partial charge in [0.2, 0.25) is 0 Å². The van der Waals surface area contributed by atoms with Crippen molar-refractivity contribution in [2.45, 2.75) is 38.0 Å². The van der Waals surface area contributed by atoms with Crippen LogP contribution in [0.5, 0.6) is 0 Å². The van der Waals surface area contributed by atoms with Crippen LogP contribution in [0.15, 0.2) is 0 Å². The minimum Gasteiger partial charge on any atom is -0.0587 e. The van der Waals surface area contributed by atoms with Gasteiger partial charge in [-0.05, 0) is 32.5 Å². The lowest BCUT2D eigenvalue weighted by atomic mass is 9.84. The Morgan fingerprint density at radius 1 is 1.10 bits per heavy atom. The zero-order valence-corrected chi connectivity index (χ0v) is 7.80. The largest absolute Gasteiger partial charge is 0.362 e.